The number of fused-ring (bicyclic) bond motifs is 1. The maximum absolute atomic E-state index is 12.3. The number of nitrogens with one attached hydrogen (secondary N) is 1. The number of thiazole rings is 1. The van der Waals surface area contributed by atoms with Gasteiger partial charge >= 0.3 is 0 Å². The minimum Gasteiger partial charge on any atom is -0.300 e. The zero-order valence-corrected chi connectivity index (χ0v) is 16.3. The summed E-state index contributed by atoms with van der Waals surface area (Å²) in [4.78, 5) is 43.5. The zero-order valence-electron chi connectivity index (χ0n) is 14.6. The summed E-state index contributed by atoms with van der Waals surface area (Å²) in [6.07, 6.45) is 0. The molecule has 28 heavy (non-hydrogen) atoms. The molecule has 1 aliphatic heterocycles. The van der Waals surface area contributed by atoms with E-state index in [0.29, 0.717) is 22.0 Å². The second-order valence-corrected chi connectivity index (χ2v) is 7.94. The van der Waals surface area contributed by atoms with E-state index in [1.165, 1.54) is 11.3 Å². The molecule has 0 spiro atoms. The maximum Gasteiger partial charge on any atom is 0.262 e. The van der Waals surface area contributed by atoms with Crippen LogP contribution < -0.4 is 5.32 Å². The van der Waals surface area contributed by atoms with Crippen molar-refractivity contribution in [1.29, 1.82) is 0 Å². The molecule has 0 unspecified atom stereocenters. The van der Waals surface area contributed by atoms with Crippen LogP contribution in [0.5, 0.6) is 0 Å². The van der Waals surface area contributed by atoms with Crippen LogP contribution in [0.2, 0.25) is 0 Å². The normalized spacial score (nSPS) is 12.9. The minimum atomic E-state index is -0.453. The number of amides is 3. The van der Waals surface area contributed by atoms with Crippen LogP contribution in [0.3, 0.4) is 0 Å². The van der Waals surface area contributed by atoms with Gasteiger partial charge < -0.3 is 5.32 Å². The van der Waals surface area contributed by atoms with Crippen LogP contribution in [0, 0.1) is 0 Å². The quantitative estimate of drug-likeness (QED) is 0.496. The van der Waals surface area contributed by atoms with Crippen LogP contribution in [0.25, 0.3) is 0 Å². The van der Waals surface area contributed by atoms with Gasteiger partial charge in [0.05, 0.1) is 16.8 Å². The molecule has 0 saturated carbocycles. The second-order valence-electron chi connectivity index (χ2n) is 6.04. The fraction of sp³-hybridized carbons (Fsp3) is 0.100. The Balaban J connectivity index is 1.34. The van der Waals surface area contributed by atoms with Gasteiger partial charge in [0.25, 0.3) is 11.8 Å². The molecule has 2 heterocycles. The number of thioether (sulfide) groups is 1. The fourth-order valence-electron chi connectivity index (χ4n) is 2.79. The van der Waals surface area contributed by atoms with Gasteiger partial charge in [-0.2, -0.15) is 0 Å². The molecule has 140 valence electrons. The molecule has 3 amide bonds. The standard InChI is InChI=1S/C20H15N3O3S2/c24-17(10-23-18(25)15-8-4-5-9-16(15)19(23)26)22-20-21-13(12-28-20)11-27-14-6-2-1-3-7-14/h1-9,12H,10-11H2,(H,21,22,24). The van der Waals surface area contributed by atoms with E-state index in [1.807, 2.05) is 35.7 Å². The summed E-state index contributed by atoms with van der Waals surface area (Å²) in [6, 6.07) is 16.5. The molecule has 6 nitrogen and oxygen atoms in total. The molecular weight excluding hydrogens is 394 g/mol. The molecule has 0 saturated heterocycles. The van der Waals surface area contributed by atoms with Gasteiger partial charge in [-0.1, -0.05) is 30.3 Å². The molecule has 8 heteroatoms. The molecule has 3 aromatic rings. The highest BCUT2D eigenvalue weighted by Crippen LogP contribution is 2.25. The molecular formula is C20H15N3O3S2. The Morgan fingerprint density at radius 3 is 2.32 bits per heavy atom. The largest absolute Gasteiger partial charge is 0.300 e. The summed E-state index contributed by atoms with van der Waals surface area (Å²) < 4.78 is 0. The lowest BCUT2D eigenvalue weighted by molar-refractivity contribution is -0.116. The summed E-state index contributed by atoms with van der Waals surface area (Å²) in [6.45, 7) is -0.333. The van der Waals surface area contributed by atoms with Gasteiger partial charge in [-0.25, -0.2) is 4.98 Å². The predicted molar refractivity (Wildman–Crippen MR) is 109 cm³/mol. The van der Waals surface area contributed by atoms with Crippen molar-refractivity contribution in [2.75, 3.05) is 11.9 Å². The summed E-state index contributed by atoms with van der Waals surface area (Å²) in [5.41, 5.74) is 1.51. The van der Waals surface area contributed by atoms with E-state index in [-0.39, 0.29) is 6.54 Å². The van der Waals surface area contributed by atoms with E-state index >= 15 is 0 Å². The summed E-state index contributed by atoms with van der Waals surface area (Å²) in [5.74, 6) is -0.662. The molecule has 0 bridgehead atoms. The van der Waals surface area contributed by atoms with Crippen molar-refractivity contribution in [1.82, 2.24) is 9.88 Å². The average molecular weight is 409 g/mol. The molecule has 2 aromatic carbocycles. The Kier molecular flexibility index (Phi) is 5.23. The Bertz CT molecular complexity index is 1010. The smallest absolute Gasteiger partial charge is 0.262 e. The maximum atomic E-state index is 12.3. The van der Waals surface area contributed by atoms with E-state index in [2.05, 4.69) is 10.3 Å². The first-order valence-corrected chi connectivity index (χ1v) is 10.4. The summed E-state index contributed by atoms with van der Waals surface area (Å²) >= 11 is 2.97. The van der Waals surface area contributed by atoms with Crippen molar-refractivity contribution in [3.05, 3.63) is 76.8 Å². The van der Waals surface area contributed by atoms with E-state index in [1.54, 1.807) is 36.0 Å². The van der Waals surface area contributed by atoms with Crippen molar-refractivity contribution < 1.29 is 14.4 Å². The second kappa shape index (κ2) is 7.95. The van der Waals surface area contributed by atoms with Gasteiger partial charge in [-0.3, -0.25) is 19.3 Å². The molecule has 0 aliphatic carbocycles. The third-order valence-corrected chi connectivity index (χ3v) is 5.96. The van der Waals surface area contributed by atoms with Crippen LogP contribution in [0.1, 0.15) is 26.4 Å². The molecule has 1 N–H and O–H groups in total. The van der Waals surface area contributed by atoms with E-state index in [9.17, 15) is 14.4 Å². The highest BCUT2D eigenvalue weighted by atomic mass is 32.2. The van der Waals surface area contributed by atoms with E-state index in [0.717, 1.165) is 15.5 Å². The van der Waals surface area contributed by atoms with Crippen LogP contribution in [-0.4, -0.2) is 34.2 Å². The van der Waals surface area contributed by atoms with Crippen LogP contribution in [-0.2, 0) is 10.5 Å². The van der Waals surface area contributed by atoms with E-state index in [4.69, 9.17) is 0 Å². The lowest BCUT2D eigenvalue weighted by Gasteiger charge is -2.12. The van der Waals surface area contributed by atoms with Crippen molar-refractivity contribution >= 4 is 46.0 Å². The number of hydrogen-bond donors (Lipinski definition) is 1. The monoisotopic (exact) mass is 409 g/mol. The third kappa shape index (κ3) is 3.83. The minimum absolute atomic E-state index is 0.328. The Hall–Kier alpha value is -2.97. The summed E-state index contributed by atoms with van der Waals surface area (Å²) in [5, 5.41) is 5.00. The first-order valence-electron chi connectivity index (χ1n) is 8.49. The number of hydrogen-bond acceptors (Lipinski definition) is 6. The van der Waals surface area contributed by atoms with Crippen LogP contribution >= 0.6 is 23.1 Å². The van der Waals surface area contributed by atoms with Crippen molar-refractivity contribution in [2.45, 2.75) is 10.6 Å². The van der Waals surface area contributed by atoms with Gasteiger partial charge in [-0.05, 0) is 24.3 Å². The Labute approximate surface area is 169 Å². The molecule has 0 radical (unpaired) electrons. The van der Waals surface area contributed by atoms with Crippen LogP contribution in [0.4, 0.5) is 5.13 Å². The summed E-state index contributed by atoms with van der Waals surface area (Å²) in [7, 11) is 0. The first-order chi connectivity index (χ1) is 13.6. The highest BCUT2D eigenvalue weighted by Gasteiger charge is 2.36. The topological polar surface area (TPSA) is 79.4 Å². The number of aromatic nitrogens is 1. The zero-order chi connectivity index (χ0) is 19.5. The molecule has 0 fully saturated rings. The number of anilines is 1. The Morgan fingerprint density at radius 1 is 1.00 bits per heavy atom. The number of imide groups is 1. The Morgan fingerprint density at radius 2 is 1.64 bits per heavy atom. The molecule has 1 aliphatic rings. The van der Waals surface area contributed by atoms with Gasteiger partial charge in [0, 0.05) is 16.0 Å². The van der Waals surface area contributed by atoms with Gasteiger partial charge in [0.15, 0.2) is 5.13 Å². The van der Waals surface area contributed by atoms with Gasteiger partial charge in [-0.15, -0.1) is 23.1 Å². The van der Waals surface area contributed by atoms with Gasteiger partial charge in [0.2, 0.25) is 5.91 Å². The van der Waals surface area contributed by atoms with Crippen molar-refractivity contribution in [3.8, 4) is 0 Å². The lowest BCUT2D eigenvalue weighted by atomic mass is 10.1. The SMILES string of the molecule is O=C(CN1C(=O)c2ccccc2C1=O)Nc1nc(CSc2ccccc2)cs1. The molecule has 0 atom stereocenters. The first kappa shape index (κ1) is 18.4. The number of benzene rings is 2. The lowest BCUT2D eigenvalue weighted by Crippen LogP contribution is -2.37. The van der Waals surface area contributed by atoms with Gasteiger partial charge in [0.1, 0.15) is 6.54 Å². The third-order valence-electron chi connectivity index (χ3n) is 4.11. The fourth-order valence-corrected chi connectivity index (χ4v) is 4.43. The van der Waals surface area contributed by atoms with Crippen molar-refractivity contribution in [3.63, 3.8) is 0 Å². The van der Waals surface area contributed by atoms with Crippen molar-refractivity contribution in [2.24, 2.45) is 0 Å². The number of carbonyl (C=O) groups excluding carboxylic acids is 3. The number of rotatable bonds is 6. The van der Waals surface area contributed by atoms with E-state index < -0.39 is 17.7 Å². The molecule has 4 rings (SSSR count). The predicted octanol–water partition coefficient (Wildman–Crippen LogP) is 3.67. The van der Waals surface area contributed by atoms with Crippen LogP contribution in [0.15, 0.2) is 64.9 Å². The number of nitrogens with zero attached hydrogens (tertiary/aromatic N) is 2. The average Bonchev–Trinajstić information content (AvgIpc) is 3.26. The molecule has 1 aromatic heterocycles. The highest BCUT2D eigenvalue weighted by molar-refractivity contribution is 7.98. The number of carbonyl (C=O) groups is 3.